The second kappa shape index (κ2) is 11.9. The van der Waals surface area contributed by atoms with Crippen LogP contribution in [0, 0.1) is 0 Å². The maximum absolute atomic E-state index is 13.7. The highest BCUT2D eigenvalue weighted by Gasteiger charge is 2.31. The molecule has 208 valence electrons. The van der Waals surface area contributed by atoms with E-state index in [2.05, 4.69) is 4.90 Å². The molecule has 0 atom stereocenters. The Bertz CT molecular complexity index is 1430. The lowest BCUT2D eigenvalue weighted by Gasteiger charge is -2.42. The van der Waals surface area contributed by atoms with Crippen molar-refractivity contribution >= 4 is 11.8 Å². The van der Waals surface area contributed by atoms with Crippen LogP contribution < -0.4 is 0 Å². The van der Waals surface area contributed by atoms with Crippen LogP contribution in [0.2, 0.25) is 0 Å². The number of phenols is 1. The van der Waals surface area contributed by atoms with Gasteiger partial charge >= 0.3 is 0 Å². The standard InChI is InChI=1S/C34H34N4O3/c39-30-13-11-27(12-14-30)33(40)37-17-15-29(16-18-37)36-19-21-38(22-20-36)34(41)28-23-31(25-7-3-1-4-8-25)35-32(24-28)26-9-5-2-6-10-26/h1-14,23-24,29,39H,15-22H2. The van der Waals surface area contributed by atoms with E-state index in [1.54, 1.807) is 24.3 Å². The van der Waals surface area contributed by atoms with Crippen LogP contribution in [0.5, 0.6) is 5.75 Å². The molecule has 1 N–H and O–H groups in total. The number of aromatic hydroxyl groups is 1. The van der Waals surface area contributed by atoms with Crippen LogP contribution in [0.4, 0.5) is 0 Å². The van der Waals surface area contributed by atoms with Gasteiger partial charge < -0.3 is 14.9 Å². The van der Waals surface area contributed by atoms with Crippen molar-refractivity contribution in [2.24, 2.45) is 0 Å². The highest BCUT2D eigenvalue weighted by molar-refractivity contribution is 5.96. The SMILES string of the molecule is O=C(c1ccc(O)cc1)N1CCC(N2CCN(C(=O)c3cc(-c4ccccc4)nc(-c4ccccc4)c3)CC2)CC1. The van der Waals surface area contributed by atoms with Gasteiger partial charge in [-0.3, -0.25) is 14.5 Å². The largest absolute Gasteiger partial charge is 0.508 e. The zero-order chi connectivity index (χ0) is 28.2. The number of hydrogen-bond donors (Lipinski definition) is 1. The van der Waals surface area contributed by atoms with E-state index < -0.39 is 0 Å². The quantitative estimate of drug-likeness (QED) is 0.373. The lowest BCUT2D eigenvalue weighted by molar-refractivity contribution is 0.0412. The molecular formula is C34H34N4O3. The van der Waals surface area contributed by atoms with Gasteiger partial charge in [-0.05, 0) is 49.2 Å². The van der Waals surface area contributed by atoms with Crippen LogP contribution >= 0.6 is 0 Å². The predicted octanol–water partition coefficient (Wildman–Crippen LogP) is 5.18. The summed E-state index contributed by atoms with van der Waals surface area (Å²) in [5, 5.41) is 9.51. The molecule has 0 spiro atoms. The number of phenolic OH excluding ortho intramolecular Hbond substituents is 1. The molecule has 3 heterocycles. The summed E-state index contributed by atoms with van der Waals surface area (Å²) in [4.78, 5) is 37.8. The second-order valence-corrected chi connectivity index (χ2v) is 10.8. The van der Waals surface area contributed by atoms with Crippen LogP contribution in [0.25, 0.3) is 22.5 Å². The molecule has 41 heavy (non-hydrogen) atoms. The van der Waals surface area contributed by atoms with Gasteiger partial charge in [0.25, 0.3) is 11.8 Å². The van der Waals surface area contributed by atoms with Crippen LogP contribution in [-0.4, -0.2) is 81.9 Å². The molecule has 0 saturated carbocycles. The van der Waals surface area contributed by atoms with Crippen LogP contribution in [0.1, 0.15) is 33.6 Å². The molecule has 7 heteroatoms. The van der Waals surface area contributed by atoms with Crippen molar-refractivity contribution in [1.82, 2.24) is 19.7 Å². The summed E-state index contributed by atoms with van der Waals surface area (Å²) in [7, 11) is 0. The lowest BCUT2D eigenvalue weighted by Crippen LogP contribution is -2.54. The number of carbonyl (C=O) groups excluding carboxylic acids is 2. The number of likely N-dealkylation sites (tertiary alicyclic amines) is 1. The van der Waals surface area contributed by atoms with Gasteiger partial charge in [-0.2, -0.15) is 0 Å². The third-order valence-corrected chi connectivity index (χ3v) is 8.20. The smallest absolute Gasteiger partial charge is 0.254 e. The number of piperidine rings is 1. The summed E-state index contributed by atoms with van der Waals surface area (Å²) in [6.45, 7) is 4.43. The number of rotatable bonds is 5. The number of benzene rings is 3. The van der Waals surface area contributed by atoms with Gasteiger partial charge in [0, 0.05) is 67.6 Å². The summed E-state index contributed by atoms with van der Waals surface area (Å²) >= 11 is 0. The Balaban J connectivity index is 1.10. The van der Waals surface area contributed by atoms with E-state index in [-0.39, 0.29) is 17.6 Å². The Morgan fingerprint density at radius 3 is 1.63 bits per heavy atom. The van der Waals surface area contributed by atoms with Gasteiger partial charge in [-0.25, -0.2) is 4.98 Å². The van der Waals surface area contributed by atoms with Crippen LogP contribution in [0.3, 0.4) is 0 Å². The van der Waals surface area contributed by atoms with Gasteiger partial charge in [0.2, 0.25) is 0 Å². The van der Waals surface area contributed by atoms with Crippen molar-refractivity contribution in [2.75, 3.05) is 39.3 Å². The van der Waals surface area contributed by atoms with Crippen molar-refractivity contribution < 1.29 is 14.7 Å². The monoisotopic (exact) mass is 546 g/mol. The third kappa shape index (κ3) is 6.00. The highest BCUT2D eigenvalue weighted by atomic mass is 16.3. The Morgan fingerprint density at radius 1 is 0.610 bits per heavy atom. The molecular weight excluding hydrogens is 512 g/mol. The number of piperazine rings is 1. The predicted molar refractivity (Wildman–Crippen MR) is 160 cm³/mol. The molecule has 2 aliphatic rings. The van der Waals surface area contributed by atoms with E-state index >= 15 is 0 Å². The molecule has 3 aromatic carbocycles. The summed E-state index contributed by atoms with van der Waals surface area (Å²) in [6.07, 6.45) is 1.84. The molecule has 7 nitrogen and oxygen atoms in total. The number of pyridine rings is 1. The van der Waals surface area contributed by atoms with E-state index in [0.29, 0.717) is 43.3 Å². The minimum absolute atomic E-state index is 0.0148. The van der Waals surface area contributed by atoms with Gasteiger partial charge in [-0.1, -0.05) is 60.7 Å². The van der Waals surface area contributed by atoms with Crippen molar-refractivity contribution in [3.63, 3.8) is 0 Å². The first kappa shape index (κ1) is 26.7. The Labute approximate surface area is 240 Å². The zero-order valence-corrected chi connectivity index (χ0v) is 23.0. The van der Waals surface area contributed by atoms with E-state index in [1.165, 1.54) is 0 Å². The van der Waals surface area contributed by atoms with Gasteiger partial charge in [0.1, 0.15) is 5.75 Å². The molecule has 2 amide bonds. The average Bonchev–Trinajstić information content (AvgIpc) is 3.05. The van der Waals surface area contributed by atoms with Crippen molar-refractivity contribution in [3.05, 3.63) is 108 Å². The molecule has 2 aliphatic heterocycles. The fourth-order valence-corrected chi connectivity index (χ4v) is 5.86. The molecule has 0 bridgehead atoms. The minimum Gasteiger partial charge on any atom is -0.508 e. The van der Waals surface area contributed by atoms with E-state index in [1.807, 2.05) is 82.6 Å². The summed E-state index contributed by atoms with van der Waals surface area (Å²) < 4.78 is 0. The fraction of sp³-hybridized carbons (Fsp3) is 0.265. The van der Waals surface area contributed by atoms with Crippen LogP contribution in [-0.2, 0) is 0 Å². The molecule has 4 aromatic rings. The van der Waals surface area contributed by atoms with E-state index in [9.17, 15) is 14.7 Å². The molecule has 0 aliphatic carbocycles. The van der Waals surface area contributed by atoms with Crippen molar-refractivity contribution in [3.8, 4) is 28.3 Å². The maximum atomic E-state index is 13.7. The number of aromatic nitrogens is 1. The third-order valence-electron chi connectivity index (χ3n) is 8.20. The first-order valence-electron chi connectivity index (χ1n) is 14.3. The van der Waals surface area contributed by atoms with Crippen molar-refractivity contribution in [2.45, 2.75) is 18.9 Å². The van der Waals surface area contributed by atoms with Gasteiger partial charge in [-0.15, -0.1) is 0 Å². The zero-order valence-electron chi connectivity index (χ0n) is 23.0. The molecule has 2 saturated heterocycles. The number of amides is 2. The fourth-order valence-electron chi connectivity index (χ4n) is 5.86. The highest BCUT2D eigenvalue weighted by Crippen LogP contribution is 2.27. The summed E-state index contributed by atoms with van der Waals surface area (Å²) in [6, 6.07) is 30.7. The Kier molecular flexibility index (Phi) is 7.78. The summed E-state index contributed by atoms with van der Waals surface area (Å²) in [5.41, 5.74) is 4.83. The average molecular weight is 547 g/mol. The van der Waals surface area contributed by atoms with E-state index in [0.717, 1.165) is 48.4 Å². The van der Waals surface area contributed by atoms with Gasteiger partial charge in [0.05, 0.1) is 11.4 Å². The second-order valence-electron chi connectivity index (χ2n) is 10.8. The Morgan fingerprint density at radius 2 is 1.10 bits per heavy atom. The molecule has 0 radical (unpaired) electrons. The molecule has 2 fully saturated rings. The van der Waals surface area contributed by atoms with Crippen molar-refractivity contribution in [1.29, 1.82) is 0 Å². The molecule has 6 rings (SSSR count). The van der Waals surface area contributed by atoms with Crippen LogP contribution in [0.15, 0.2) is 97.1 Å². The minimum atomic E-state index is 0.0148. The van der Waals surface area contributed by atoms with E-state index in [4.69, 9.17) is 4.98 Å². The molecule has 1 aromatic heterocycles. The van der Waals surface area contributed by atoms with Gasteiger partial charge in [0.15, 0.2) is 0 Å². The molecule has 0 unspecified atom stereocenters. The number of carbonyl (C=O) groups is 2. The maximum Gasteiger partial charge on any atom is 0.254 e. The first-order valence-corrected chi connectivity index (χ1v) is 14.3. The number of nitrogens with zero attached hydrogens (tertiary/aromatic N) is 4. The Hall–Kier alpha value is -4.49. The first-order chi connectivity index (χ1) is 20.0. The normalized spacial score (nSPS) is 16.5. The topological polar surface area (TPSA) is 77.0 Å². The number of hydrogen-bond acceptors (Lipinski definition) is 5. The lowest BCUT2D eigenvalue weighted by atomic mass is 10.0. The summed E-state index contributed by atoms with van der Waals surface area (Å²) in [5.74, 6) is 0.215.